The molecule has 0 atom stereocenters. The molecular formula is C4H7NaO2. The van der Waals surface area contributed by atoms with Gasteiger partial charge < -0.3 is 9.90 Å². The Hall–Kier alpha value is 0.470. The molecule has 0 aromatic carbocycles. The number of hydrogen-bond acceptors (Lipinski definition) is 2. The topological polar surface area (TPSA) is 40.1 Å². The first-order valence-corrected chi connectivity index (χ1v) is 1.97. The molecule has 0 unspecified atom stereocenters. The Balaban J connectivity index is 0. The van der Waals surface area contributed by atoms with Gasteiger partial charge in [0.15, 0.2) is 0 Å². The number of carboxylic acids is 1. The van der Waals surface area contributed by atoms with Crippen molar-refractivity contribution in [2.45, 2.75) is 19.8 Å². The maximum Gasteiger partial charge on any atom is 1.00 e. The molecule has 0 saturated heterocycles. The standard InChI is InChI=1S/C4H8O2.Na/c1-2-3-4(5)6;/h2-3H2,1H3,(H,5,6);/q;+1/p-1/i4+1;. The van der Waals surface area contributed by atoms with Crippen LogP contribution in [0.25, 0.3) is 0 Å². The molecule has 0 bridgehead atoms. The van der Waals surface area contributed by atoms with Crippen LogP contribution in [0.4, 0.5) is 0 Å². The second-order valence-electron chi connectivity index (χ2n) is 1.12. The molecular weight excluding hydrogens is 104 g/mol. The summed E-state index contributed by atoms with van der Waals surface area (Å²) in [6, 6.07) is 0. The van der Waals surface area contributed by atoms with Crippen LogP contribution in [0.15, 0.2) is 0 Å². The van der Waals surface area contributed by atoms with E-state index in [1.165, 1.54) is 0 Å². The molecule has 0 fully saturated rings. The average Bonchev–Trinajstić information content (AvgIpc) is 1.35. The van der Waals surface area contributed by atoms with Gasteiger partial charge in [0.1, 0.15) is 0 Å². The van der Waals surface area contributed by atoms with E-state index in [1.807, 2.05) is 0 Å². The van der Waals surface area contributed by atoms with Crippen LogP contribution < -0.4 is 34.7 Å². The Kier molecular flexibility index (Phi) is 9.66. The van der Waals surface area contributed by atoms with Crippen LogP contribution in [-0.4, -0.2) is 5.97 Å². The molecule has 0 aliphatic heterocycles. The van der Waals surface area contributed by atoms with E-state index >= 15 is 0 Å². The Morgan fingerprint density at radius 3 is 2.14 bits per heavy atom. The molecule has 0 saturated carbocycles. The molecule has 0 aromatic rings. The van der Waals surface area contributed by atoms with Crippen LogP contribution in [0.5, 0.6) is 0 Å². The van der Waals surface area contributed by atoms with E-state index in [0.717, 1.165) is 0 Å². The molecule has 0 aliphatic carbocycles. The average molecular weight is 111 g/mol. The third kappa shape index (κ3) is 10.7. The van der Waals surface area contributed by atoms with E-state index in [0.29, 0.717) is 6.42 Å². The van der Waals surface area contributed by atoms with Crippen molar-refractivity contribution in [3.05, 3.63) is 0 Å². The van der Waals surface area contributed by atoms with Crippen molar-refractivity contribution in [3.8, 4) is 0 Å². The van der Waals surface area contributed by atoms with Crippen molar-refractivity contribution in [2.24, 2.45) is 0 Å². The fourth-order valence-electron chi connectivity index (χ4n) is 0.204. The van der Waals surface area contributed by atoms with E-state index in [9.17, 15) is 9.90 Å². The van der Waals surface area contributed by atoms with Gasteiger partial charge in [0.25, 0.3) is 0 Å². The van der Waals surface area contributed by atoms with Crippen LogP contribution >= 0.6 is 0 Å². The predicted octanol–water partition coefficient (Wildman–Crippen LogP) is -3.46. The first-order chi connectivity index (χ1) is 2.77. The summed E-state index contributed by atoms with van der Waals surface area (Å²) in [6.07, 6.45) is 0.850. The van der Waals surface area contributed by atoms with Crippen molar-refractivity contribution >= 4 is 5.97 Å². The van der Waals surface area contributed by atoms with Gasteiger partial charge in [0.05, 0.1) is 0 Å². The molecule has 0 rings (SSSR count). The first kappa shape index (κ1) is 10.5. The minimum atomic E-state index is -0.961. The maximum atomic E-state index is 9.49. The molecule has 36 valence electrons. The summed E-state index contributed by atoms with van der Waals surface area (Å²) in [5, 5.41) is 9.49. The van der Waals surface area contributed by atoms with E-state index < -0.39 is 5.97 Å². The van der Waals surface area contributed by atoms with E-state index in [2.05, 4.69) is 0 Å². The number of carboxylic acid groups (broad SMARTS) is 1. The molecule has 0 heterocycles. The Morgan fingerprint density at radius 1 is 1.71 bits per heavy atom. The fourth-order valence-corrected chi connectivity index (χ4v) is 0.204. The molecule has 0 aromatic heterocycles. The molecule has 0 aliphatic rings. The molecule has 0 N–H and O–H groups in total. The number of rotatable bonds is 2. The van der Waals surface area contributed by atoms with Gasteiger partial charge >= 0.3 is 29.6 Å². The quantitative estimate of drug-likeness (QED) is 0.274. The summed E-state index contributed by atoms with van der Waals surface area (Å²) in [5.41, 5.74) is 0. The van der Waals surface area contributed by atoms with Crippen LogP contribution in [0.1, 0.15) is 19.8 Å². The number of hydrogen-bond donors (Lipinski definition) is 0. The summed E-state index contributed by atoms with van der Waals surface area (Å²) in [7, 11) is 0. The van der Waals surface area contributed by atoms with E-state index in [-0.39, 0.29) is 36.0 Å². The van der Waals surface area contributed by atoms with Crippen LogP contribution in [-0.2, 0) is 4.79 Å². The molecule has 0 amide bonds. The minimum absolute atomic E-state index is 0. The molecule has 2 nitrogen and oxygen atoms in total. The van der Waals surface area contributed by atoms with Crippen molar-refractivity contribution in [1.29, 1.82) is 0 Å². The van der Waals surface area contributed by atoms with Crippen molar-refractivity contribution in [2.75, 3.05) is 0 Å². The first-order valence-electron chi connectivity index (χ1n) is 1.97. The minimum Gasteiger partial charge on any atom is -0.550 e. The van der Waals surface area contributed by atoms with Crippen molar-refractivity contribution in [3.63, 3.8) is 0 Å². The third-order valence-electron chi connectivity index (χ3n) is 0.454. The van der Waals surface area contributed by atoms with Gasteiger partial charge in [-0.15, -0.1) is 0 Å². The second kappa shape index (κ2) is 6.47. The summed E-state index contributed by atoms with van der Waals surface area (Å²) >= 11 is 0. The summed E-state index contributed by atoms with van der Waals surface area (Å²) in [6.45, 7) is 1.80. The fraction of sp³-hybridized carbons (Fsp3) is 0.750. The maximum absolute atomic E-state index is 9.49. The van der Waals surface area contributed by atoms with Crippen molar-refractivity contribution in [1.82, 2.24) is 0 Å². The molecule has 0 spiro atoms. The van der Waals surface area contributed by atoms with Gasteiger partial charge in [-0.05, 0) is 6.42 Å². The number of aliphatic carboxylic acids is 1. The monoisotopic (exact) mass is 111 g/mol. The zero-order valence-corrected chi connectivity index (χ0v) is 6.73. The van der Waals surface area contributed by atoms with Gasteiger partial charge in [0.2, 0.25) is 0 Å². The summed E-state index contributed by atoms with van der Waals surface area (Å²) in [5.74, 6) is -0.961. The second-order valence-corrected chi connectivity index (χ2v) is 1.12. The Labute approximate surface area is 65.2 Å². The van der Waals surface area contributed by atoms with Crippen molar-refractivity contribution < 1.29 is 39.5 Å². The Bertz CT molecular complexity index is 53.7. The zero-order chi connectivity index (χ0) is 4.99. The van der Waals surface area contributed by atoms with Gasteiger partial charge in [-0.3, -0.25) is 0 Å². The predicted molar refractivity (Wildman–Crippen MR) is 19.9 cm³/mol. The Morgan fingerprint density at radius 2 is 2.14 bits per heavy atom. The zero-order valence-electron chi connectivity index (χ0n) is 4.73. The molecule has 0 radical (unpaired) electrons. The van der Waals surface area contributed by atoms with Gasteiger partial charge in [-0.25, -0.2) is 0 Å². The molecule has 3 heteroatoms. The van der Waals surface area contributed by atoms with Gasteiger partial charge in [-0.1, -0.05) is 13.3 Å². The van der Waals surface area contributed by atoms with Crippen LogP contribution in [0.2, 0.25) is 0 Å². The van der Waals surface area contributed by atoms with E-state index in [4.69, 9.17) is 0 Å². The smallest absolute Gasteiger partial charge is 0.550 e. The SMILES string of the molecule is CCC[13C](=O)[O-].[Na+]. The van der Waals surface area contributed by atoms with Crippen LogP contribution in [0.3, 0.4) is 0 Å². The normalized spacial score (nSPS) is 7.00. The molecule has 7 heavy (non-hydrogen) atoms. The van der Waals surface area contributed by atoms with E-state index in [1.54, 1.807) is 6.92 Å². The van der Waals surface area contributed by atoms with Crippen LogP contribution in [0, 0.1) is 0 Å². The summed E-state index contributed by atoms with van der Waals surface area (Å²) < 4.78 is 0. The van der Waals surface area contributed by atoms with Gasteiger partial charge in [0, 0.05) is 5.97 Å². The number of carbonyl (C=O) groups is 1. The largest absolute Gasteiger partial charge is 1.00 e. The third-order valence-corrected chi connectivity index (χ3v) is 0.454. The summed E-state index contributed by atoms with van der Waals surface area (Å²) in [4.78, 5) is 9.49. The number of carbonyl (C=O) groups excluding carboxylic acids is 1. The van der Waals surface area contributed by atoms with Gasteiger partial charge in [-0.2, -0.15) is 0 Å².